The SMILES string of the molecule is C1CCOC1.C1CCOC1.CC(C)c1cccc(C(C)C)c1[N+]1=C([Si]2([Se-])[Se][Si]([Se-])(C3=[N+](c4c(C(C)C)cccc4C(C)C)C(C)(C)CC3(C)C)[Se]2)C(C)(C)CC1(C)C. The first-order valence-electron chi connectivity index (χ1n) is 22.4. The molecule has 0 saturated carbocycles. The number of hydrogen-bond donors (Lipinski definition) is 0. The Labute approximate surface area is 383 Å². The predicted octanol–water partition coefficient (Wildman–Crippen LogP) is 10.8. The average Bonchev–Trinajstić information content (AvgIpc) is 3.91. The van der Waals surface area contributed by atoms with E-state index < -0.39 is 7.78 Å². The summed E-state index contributed by atoms with van der Waals surface area (Å²) in [5.74, 6) is 1.96. The summed E-state index contributed by atoms with van der Waals surface area (Å²) in [7, 11) is 0. The summed E-state index contributed by atoms with van der Waals surface area (Å²) in [6, 6.07) is 14.3. The molecule has 3 fully saturated rings. The molecule has 5 aliphatic rings. The van der Waals surface area contributed by atoms with Gasteiger partial charge in [0.2, 0.25) is 0 Å². The predicted molar refractivity (Wildman–Crippen MR) is 259 cm³/mol. The van der Waals surface area contributed by atoms with Gasteiger partial charge >= 0.3 is 325 Å². The molecule has 4 nitrogen and oxygen atoms in total. The fourth-order valence-electron chi connectivity index (χ4n) is 10.7. The second kappa shape index (κ2) is 18.7. The Balaban J connectivity index is 0.000000557. The fourth-order valence-corrected chi connectivity index (χ4v) is 218. The van der Waals surface area contributed by atoms with Crippen molar-refractivity contribution in [3.05, 3.63) is 58.7 Å². The maximum absolute atomic E-state index is 4.94. The molecule has 58 heavy (non-hydrogen) atoms. The third-order valence-corrected chi connectivity index (χ3v) is 113. The summed E-state index contributed by atoms with van der Waals surface area (Å²) in [5, 5.41) is 3.67. The Kier molecular flexibility index (Phi) is 15.9. The zero-order chi connectivity index (χ0) is 43.2. The van der Waals surface area contributed by atoms with Gasteiger partial charge in [0.05, 0.1) is 0 Å². The van der Waals surface area contributed by atoms with Crippen molar-refractivity contribution in [2.75, 3.05) is 26.4 Å². The Morgan fingerprint density at radius 1 is 0.500 bits per heavy atom. The van der Waals surface area contributed by atoms with Gasteiger partial charge in [0.1, 0.15) is 0 Å². The topological polar surface area (TPSA) is 24.5 Å². The number of para-hydroxylation sites is 2. The van der Waals surface area contributed by atoms with E-state index in [1.807, 2.05) is 10.7 Å². The van der Waals surface area contributed by atoms with Gasteiger partial charge in [-0.05, 0) is 25.7 Å². The zero-order valence-corrected chi connectivity index (χ0v) is 48.0. The molecule has 0 unspecified atom stereocenters. The molecular weight excluding hydrogens is 1010 g/mol. The third-order valence-electron chi connectivity index (χ3n) is 12.6. The summed E-state index contributed by atoms with van der Waals surface area (Å²) in [6.07, 6.45) is 7.54. The molecule has 0 aromatic heterocycles. The van der Waals surface area contributed by atoms with Crippen molar-refractivity contribution in [1.29, 1.82) is 0 Å². The molecule has 0 radical (unpaired) electrons. The minimum atomic E-state index is -1.84. The average molecular weight is 1090 g/mol. The van der Waals surface area contributed by atoms with Gasteiger partial charge in [-0.3, -0.25) is 0 Å². The van der Waals surface area contributed by atoms with Gasteiger partial charge in [-0.2, -0.15) is 0 Å². The van der Waals surface area contributed by atoms with Gasteiger partial charge in [-0.15, -0.1) is 0 Å². The van der Waals surface area contributed by atoms with Crippen LogP contribution in [0.3, 0.4) is 0 Å². The van der Waals surface area contributed by atoms with Crippen molar-refractivity contribution >= 4 is 87.9 Å². The second-order valence-electron chi connectivity index (χ2n) is 21.3. The number of hydrogen-bond acceptors (Lipinski definition) is 2. The van der Waals surface area contributed by atoms with E-state index >= 15 is 0 Å². The normalized spacial score (nSPS) is 27.0. The van der Waals surface area contributed by atoms with Crippen LogP contribution < -0.4 is 0 Å². The van der Waals surface area contributed by atoms with Crippen LogP contribution in [0.1, 0.15) is 195 Å². The van der Waals surface area contributed by atoms with E-state index in [-0.39, 0.29) is 21.9 Å². The molecule has 0 atom stereocenters. The summed E-state index contributed by atoms with van der Waals surface area (Å²) in [5.41, 5.74) is 9.73. The first-order chi connectivity index (χ1) is 26.8. The molecule has 3 saturated heterocycles. The second-order valence-corrected chi connectivity index (χ2v) is 80.5. The van der Waals surface area contributed by atoms with Crippen LogP contribution in [0.2, 0.25) is 0 Å². The van der Waals surface area contributed by atoms with E-state index in [1.165, 1.54) is 60.8 Å². The van der Waals surface area contributed by atoms with Crippen molar-refractivity contribution in [3.63, 3.8) is 0 Å². The molecule has 7 rings (SSSR count). The Hall–Kier alpha value is 0.212. The van der Waals surface area contributed by atoms with Gasteiger partial charge in [0.15, 0.2) is 0 Å². The van der Waals surface area contributed by atoms with Crippen LogP contribution in [-0.4, -0.2) is 123 Å². The molecule has 0 aliphatic carbocycles. The Bertz CT molecular complexity index is 1650. The molecule has 2 aromatic carbocycles. The maximum atomic E-state index is 4.94. The quantitative estimate of drug-likeness (QED) is 0.194. The molecular formula is C48H78N2O2Se4Si2. The number of ether oxygens (including phenoxy) is 2. The van der Waals surface area contributed by atoms with Crippen molar-refractivity contribution in [1.82, 2.24) is 0 Å². The fraction of sp³-hybridized carbons (Fsp3) is 0.708. The molecule has 2 aromatic rings. The van der Waals surface area contributed by atoms with Crippen LogP contribution in [0.15, 0.2) is 36.4 Å². The standard InChI is InChI=1S/C40H62N2Se4Si2.2C4H8O/c1-25(2)29-19-17-20-30(26(3)4)33(29)41-35(37(9,10)23-39(41,13)14)47(43)45-48(44,46-47)36-38(11,12)24-40(15,16)42(36)34-31(27(5)6)21-18-22-32(34)28(7)8;2*1-2-4-5-3-1/h17-22,25-28H,23-24H2,1-16H3;2*1-4H2. The van der Waals surface area contributed by atoms with E-state index in [2.05, 4.69) is 187 Å². The Morgan fingerprint density at radius 3 is 0.966 bits per heavy atom. The molecule has 324 valence electrons. The molecule has 0 N–H and O–H groups in total. The van der Waals surface area contributed by atoms with E-state index in [0.717, 1.165) is 26.4 Å². The number of rotatable bonds is 8. The zero-order valence-electron chi connectivity index (χ0n) is 39.2. The van der Waals surface area contributed by atoms with Crippen LogP contribution in [0, 0.1) is 10.8 Å². The number of benzene rings is 2. The molecule has 10 heteroatoms. The van der Waals surface area contributed by atoms with Crippen LogP contribution in [0.4, 0.5) is 11.4 Å². The van der Waals surface area contributed by atoms with Crippen molar-refractivity contribution < 1.29 is 18.6 Å². The van der Waals surface area contributed by atoms with Crippen LogP contribution in [0.25, 0.3) is 0 Å². The minimum absolute atomic E-state index is 0.0803. The van der Waals surface area contributed by atoms with Gasteiger partial charge in [0, 0.05) is 26.4 Å². The van der Waals surface area contributed by atoms with Crippen LogP contribution in [0.5, 0.6) is 0 Å². The van der Waals surface area contributed by atoms with E-state index in [0.29, 0.717) is 51.0 Å². The molecule has 0 amide bonds. The van der Waals surface area contributed by atoms with Crippen molar-refractivity contribution in [2.24, 2.45) is 10.8 Å². The molecule has 5 heterocycles. The van der Waals surface area contributed by atoms with E-state index in [4.69, 9.17) is 9.47 Å². The van der Waals surface area contributed by atoms with Gasteiger partial charge in [-0.25, -0.2) is 0 Å². The Morgan fingerprint density at radius 2 is 0.759 bits per heavy atom. The van der Waals surface area contributed by atoms with E-state index in [1.54, 1.807) is 11.4 Å². The summed E-state index contributed by atoms with van der Waals surface area (Å²) in [4.78, 5) is 0. The van der Waals surface area contributed by atoms with Gasteiger partial charge in [0.25, 0.3) is 0 Å². The molecule has 0 spiro atoms. The third kappa shape index (κ3) is 10.1. The number of nitrogens with zero attached hydrogens (tertiary/aromatic N) is 2. The first-order valence-corrected chi connectivity index (χ1v) is 41.3. The molecule has 5 aliphatic heterocycles. The summed E-state index contributed by atoms with van der Waals surface area (Å²) in [6.45, 7) is 43.7. The summed E-state index contributed by atoms with van der Waals surface area (Å²) < 4.78 is 12.1. The van der Waals surface area contributed by atoms with E-state index in [9.17, 15) is 0 Å². The van der Waals surface area contributed by atoms with Crippen molar-refractivity contribution in [3.8, 4) is 0 Å². The van der Waals surface area contributed by atoms with Gasteiger partial charge < -0.3 is 9.47 Å². The molecule has 0 bridgehead atoms. The van der Waals surface area contributed by atoms with Crippen LogP contribution >= 0.6 is 0 Å². The monoisotopic (exact) mass is 1090 g/mol. The summed E-state index contributed by atoms with van der Waals surface area (Å²) >= 11 is 9.47. The van der Waals surface area contributed by atoms with Crippen molar-refractivity contribution in [2.45, 2.75) is 184 Å². The van der Waals surface area contributed by atoms with Crippen LogP contribution in [-0.2, 0) is 9.47 Å². The van der Waals surface area contributed by atoms with Gasteiger partial charge in [-0.1, -0.05) is 0 Å². The first kappa shape index (κ1) is 49.2.